The maximum absolute atomic E-state index is 10.9. The predicted molar refractivity (Wildman–Crippen MR) is 44.2 cm³/mol. The maximum Gasteiger partial charge on any atom is 0.126 e. The summed E-state index contributed by atoms with van der Waals surface area (Å²) in [6.07, 6.45) is 3.61. The van der Waals surface area contributed by atoms with Crippen LogP contribution in [0.25, 0.3) is 0 Å². The number of rotatable bonds is 1. The second kappa shape index (κ2) is 1.70. The van der Waals surface area contributed by atoms with E-state index in [0.29, 0.717) is 11.3 Å². The van der Waals surface area contributed by atoms with Crippen LogP contribution in [0.4, 0.5) is 0 Å². The lowest BCUT2D eigenvalue weighted by Crippen LogP contribution is -2.41. The number of fused-ring (bicyclic) bond motifs is 1. The zero-order valence-corrected chi connectivity index (χ0v) is 7.55. The molecule has 1 nitrogen and oxygen atoms in total. The average Bonchev–Trinajstić information content (AvgIpc) is 2.39. The van der Waals surface area contributed by atoms with Crippen LogP contribution in [-0.2, 0) is 4.79 Å². The largest absolute Gasteiger partial charge is 0.303 e. The van der Waals surface area contributed by atoms with Crippen LogP contribution in [-0.4, -0.2) is 6.29 Å². The summed E-state index contributed by atoms with van der Waals surface area (Å²) in [5.41, 5.74) is 0.476. The third-order valence-corrected chi connectivity index (χ3v) is 4.22. The molecule has 0 N–H and O–H groups in total. The molecule has 0 amide bonds. The van der Waals surface area contributed by atoms with E-state index in [1.165, 1.54) is 12.7 Å². The molecule has 3 saturated carbocycles. The van der Waals surface area contributed by atoms with Crippen molar-refractivity contribution in [3.05, 3.63) is 0 Å². The minimum absolute atomic E-state index is 0.0220. The van der Waals surface area contributed by atoms with Gasteiger partial charge in [0.2, 0.25) is 0 Å². The molecule has 11 heavy (non-hydrogen) atoms. The molecular weight excluding hydrogens is 136 g/mol. The molecule has 0 aromatic heterocycles. The van der Waals surface area contributed by atoms with Crippen molar-refractivity contribution in [2.24, 2.45) is 22.7 Å². The minimum atomic E-state index is 0.0220. The first-order valence-electron chi connectivity index (χ1n) is 4.47. The molecule has 3 rings (SSSR count). The van der Waals surface area contributed by atoms with Crippen molar-refractivity contribution in [2.75, 3.05) is 0 Å². The van der Waals surface area contributed by atoms with Crippen LogP contribution < -0.4 is 0 Å². The Morgan fingerprint density at radius 1 is 1.36 bits per heavy atom. The summed E-state index contributed by atoms with van der Waals surface area (Å²) < 4.78 is 0. The minimum Gasteiger partial charge on any atom is -0.303 e. The Labute approximate surface area is 68.2 Å². The van der Waals surface area contributed by atoms with Gasteiger partial charge in [-0.2, -0.15) is 0 Å². The third-order valence-electron chi connectivity index (χ3n) is 4.22. The number of aldehydes is 1. The second-order valence-electron chi connectivity index (χ2n) is 5.13. The molecule has 3 unspecified atom stereocenters. The van der Waals surface area contributed by atoms with Crippen LogP contribution in [0.15, 0.2) is 0 Å². The van der Waals surface area contributed by atoms with Gasteiger partial charge in [-0.15, -0.1) is 0 Å². The highest BCUT2D eigenvalue weighted by atomic mass is 16.1. The molecule has 2 bridgehead atoms. The normalized spacial score (nSPS) is 51.9. The van der Waals surface area contributed by atoms with E-state index in [-0.39, 0.29) is 5.41 Å². The van der Waals surface area contributed by atoms with Crippen LogP contribution in [0.1, 0.15) is 33.6 Å². The monoisotopic (exact) mass is 152 g/mol. The van der Waals surface area contributed by atoms with E-state index in [1.54, 1.807) is 0 Å². The molecule has 0 aromatic carbocycles. The van der Waals surface area contributed by atoms with Gasteiger partial charge in [-0.25, -0.2) is 0 Å². The lowest BCUT2D eigenvalue weighted by Gasteiger charge is -2.46. The fourth-order valence-corrected chi connectivity index (χ4v) is 3.28. The Morgan fingerprint density at radius 3 is 2.18 bits per heavy atom. The van der Waals surface area contributed by atoms with Gasteiger partial charge in [0.15, 0.2) is 0 Å². The third kappa shape index (κ3) is 0.646. The first-order chi connectivity index (χ1) is 5.00. The SMILES string of the molecule is CC1(C=O)CC2CC1C2(C)C. The molecule has 3 fully saturated rings. The van der Waals surface area contributed by atoms with E-state index in [0.717, 1.165) is 12.3 Å². The quantitative estimate of drug-likeness (QED) is 0.527. The fraction of sp³-hybridized carbons (Fsp3) is 0.900. The Morgan fingerprint density at radius 2 is 2.00 bits per heavy atom. The Hall–Kier alpha value is -0.330. The smallest absolute Gasteiger partial charge is 0.126 e. The summed E-state index contributed by atoms with van der Waals surface area (Å²) in [5, 5.41) is 0. The van der Waals surface area contributed by atoms with Gasteiger partial charge in [0, 0.05) is 5.41 Å². The highest BCUT2D eigenvalue weighted by molar-refractivity contribution is 5.62. The predicted octanol–water partition coefficient (Wildman–Crippen LogP) is 2.26. The molecule has 1 heteroatoms. The van der Waals surface area contributed by atoms with Crippen molar-refractivity contribution in [3.63, 3.8) is 0 Å². The zero-order valence-electron chi connectivity index (χ0n) is 7.55. The van der Waals surface area contributed by atoms with Gasteiger partial charge in [-0.1, -0.05) is 20.8 Å². The van der Waals surface area contributed by atoms with Gasteiger partial charge < -0.3 is 4.79 Å². The van der Waals surface area contributed by atoms with E-state index >= 15 is 0 Å². The summed E-state index contributed by atoms with van der Waals surface area (Å²) in [7, 11) is 0. The molecular formula is C10H16O. The van der Waals surface area contributed by atoms with E-state index in [2.05, 4.69) is 20.8 Å². The van der Waals surface area contributed by atoms with Gasteiger partial charge in [-0.05, 0) is 30.1 Å². The summed E-state index contributed by atoms with van der Waals surface area (Å²) in [6, 6.07) is 0. The van der Waals surface area contributed by atoms with Gasteiger partial charge in [0.25, 0.3) is 0 Å². The standard InChI is InChI=1S/C10H16O/c1-9(2)7-4-8(9)10(3,5-7)6-11/h6-8H,4-5H2,1-3H3. The zero-order chi connectivity index (χ0) is 8.28. The van der Waals surface area contributed by atoms with E-state index in [9.17, 15) is 4.79 Å². The molecule has 3 aliphatic carbocycles. The first kappa shape index (κ1) is 7.33. The van der Waals surface area contributed by atoms with Gasteiger partial charge in [0.1, 0.15) is 6.29 Å². The molecule has 0 radical (unpaired) electrons. The van der Waals surface area contributed by atoms with Gasteiger partial charge >= 0.3 is 0 Å². The number of hydrogen-bond acceptors (Lipinski definition) is 1. The lowest BCUT2D eigenvalue weighted by molar-refractivity contribution is -0.118. The number of carbonyl (C=O) groups is 1. The highest BCUT2D eigenvalue weighted by Gasteiger charge is 2.63. The van der Waals surface area contributed by atoms with Crippen LogP contribution in [0, 0.1) is 22.7 Å². The van der Waals surface area contributed by atoms with Gasteiger partial charge in [0.05, 0.1) is 0 Å². The average molecular weight is 152 g/mol. The Bertz CT molecular complexity index is 207. The summed E-state index contributed by atoms with van der Waals surface area (Å²) in [6.45, 7) is 6.74. The lowest BCUT2D eigenvalue weighted by atomic mass is 9.58. The molecule has 3 atom stereocenters. The summed E-state index contributed by atoms with van der Waals surface area (Å²) in [5.74, 6) is 1.49. The summed E-state index contributed by atoms with van der Waals surface area (Å²) in [4.78, 5) is 10.9. The molecule has 62 valence electrons. The Kier molecular flexibility index (Phi) is 1.13. The Balaban J connectivity index is 2.30. The maximum atomic E-state index is 10.9. The van der Waals surface area contributed by atoms with Crippen LogP contribution >= 0.6 is 0 Å². The van der Waals surface area contributed by atoms with Crippen LogP contribution in [0.2, 0.25) is 0 Å². The number of hydrogen-bond donors (Lipinski definition) is 0. The van der Waals surface area contributed by atoms with Crippen molar-refractivity contribution >= 4 is 6.29 Å². The fourth-order valence-electron chi connectivity index (χ4n) is 3.28. The van der Waals surface area contributed by atoms with Crippen LogP contribution in [0.5, 0.6) is 0 Å². The van der Waals surface area contributed by atoms with Crippen molar-refractivity contribution in [1.82, 2.24) is 0 Å². The first-order valence-corrected chi connectivity index (χ1v) is 4.47. The molecule has 0 saturated heterocycles. The van der Waals surface area contributed by atoms with E-state index < -0.39 is 0 Å². The van der Waals surface area contributed by atoms with Crippen molar-refractivity contribution in [3.8, 4) is 0 Å². The molecule has 0 heterocycles. The van der Waals surface area contributed by atoms with Crippen molar-refractivity contribution in [1.29, 1.82) is 0 Å². The number of carbonyl (C=O) groups excluding carboxylic acids is 1. The molecule has 3 aliphatic rings. The van der Waals surface area contributed by atoms with Gasteiger partial charge in [-0.3, -0.25) is 0 Å². The van der Waals surface area contributed by atoms with Crippen molar-refractivity contribution < 1.29 is 4.79 Å². The topological polar surface area (TPSA) is 17.1 Å². The van der Waals surface area contributed by atoms with Crippen molar-refractivity contribution in [2.45, 2.75) is 33.6 Å². The highest BCUT2D eigenvalue weighted by Crippen LogP contribution is 2.69. The van der Waals surface area contributed by atoms with E-state index in [1.807, 2.05) is 0 Å². The van der Waals surface area contributed by atoms with Crippen LogP contribution in [0.3, 0.4) is 0 Å². The summed E-state index contributed by atoms with van der Waals surface area (Å²) >= 11 is 0. The molecule has 0 spiro atoms. The second-order valence-corrected chi connectivity index (χ2v) is 5.13. The molecule has 0 aliphatic heterocycles. The molecule has 0 aromatic rings. The van der Waals surface area contributed by atoms with E-state index in [4.69, 9.17) is 0 Å².